The Morgan fingerprint density at radius 2 is 1.53 bits per heavy atom. The number of ether oxygens (including phenoxy) is 3. The summed E-state index contributed by atoms with van der Waals surface area (Å²) in [4.78, 5) is 50.6. The van der Waals surface area contributed by atoms with Crippen LogP contribution in [-0.4, -0.2) is 47.3 Å². The first-order chi connectivity index (χ1) is 17.6. The highest BCUT2D eigenvalue weighted by Crippen LogP contribution is 2.72. The number of allylic oxidation sites excluding steroid dienone is 3. The number of rotatable bonds is 3. The van der Waals surface area contributed by atoms with E-state index in [1.165, 1.54) is 19.9 Å². The molecule has 0 unspecified atom stereocenters. The first kappa shape index (κ1) is 26.9. The van der Waals surface area contributed by atoms with Crippen LogP contribution in [0.3, 0.4) is 0 Å². The standard InChI is InChI=1S/C30H38O8/c1-15(31)36-23-14-21-28(5)11-10-22(33)27(3,4)20(28)13-24(37-16(2)32)30(21,7)19-9-8-18(29(19,23)6)17-12-25(34)38-26(17)35/h9-12,18,20-21,23-25,34H,8,13-14H2,1-7H3/t18-,20-,21+,23-,24+,25-,28-,29-,30-/m0/s1. The van der Waals surface area contributed by atoms with Crippen molar-refractivity contribution in [2.45, 2.75) is 86.2 Å². The molecule has 8 heteroatoms. The highest BCUT2D eigenvalue weighted by molar-refractivity contribution is 5.96. The van der Waals surface area contributed by atoms with Gasteiger partial charge in [0.05, 0.1) is 0 Å². The van der Waals surface area contributed by atoms with Crippen LogP contribution in [0.25, 0.3) is 0 Å². The fourth-order valence-corrected chi connectivity index (χ4v) is 9.06. The smallest absolute Gasteiger partial charge is 0.336 e. The van der Waals surface area contributed by atoms with E-state index in [4.69, 9.17) is 14.2 Å². The number of cyclic esters (lactones) is 1. The van der Waals surface area contributed by atoms with E-state index in [0.29, 0.717) is 24.8 Å². The molecule has 2 saturated carbocycles. The van der Waals surface area contributed by atoms with E-state index < -0.39 is 58.1 Å². The fourth-order valence-electron chi connectivity index (χ4n) is 9.06. The van der Waals surface area contributed by atoms with Crippen LogP contribution in [0, 0.1) is 39.4 Å². The zero-order valence-corrected chi connectivity index (χ0v) is 23.2. The first-order valence-corrected chi connectivity index (χ1v) is 13.5. The van der Waals surface area contributed by atoms with Gasteiger partial charge in [-0.25, -0.2) is 4.79 Å². The summed E-state index contributed by atoms with van der Waals surface area (Å²) in [6.45, 7) is 13.0. The van der Waals surface area contributed by atoms with Crippen molar-refractivity contribution in [1.82, 2.24) is 0 Å². The van der Waals surface area contributed by atoms with Crippen molar-refractivity contribution in [3.05, 3.63) is 35.5 Å². The molecule has 8 nitrogen and oxygen atoms in total. The van der Waals surface area contributed by atoms with Crippen LogP contribution in [0.4, 0.5) is 0 Å². The highest BCUT2D eigenvalue weighted by atomic mass is 16.6. The quantitative estimate of drug-likeness (QED) is 0.335. The lowest BCUT2D eigenvalue weighted by atomic mass is 9.38. The maximum Gasteiger partial charge on any atom is 0.336 e. The molecule has 1 heterocycles. The molecular formula is C30H38O8. The van der Waals surface area contributed by atoms with E-state index in [9.17, 15) is 24.3 Å². The van der Waals surface area contributed by atoms with Crippen LogP contribution >= 0.6 is 0 Å². The second kappa shape index (κ2) is 8.38. The average Bonchev–Trinajstić information content (AvgIpc) is 3.33. The van der Waals surface area contributed by atoms with Gasteiger partial charge in [-0.2, -0.15) is 0 Å². The van der Waals surface area contributed by atoms with E-state index in [1.54, 1.807) is 6.08 Å². The van der Waals surface area contributed by atoms with E-state index >= 15 is 0 Å². The van der Waals surface area contributed by atoms with Crippen molar-refractivity contribution in [2.24, 2.45) is 39.4 Å². The summed E-state index contributed by atoms with van der Waals surface area (Å²) in [6, 6.07) is 0. The predicted octanol–water partition coefficient (Wildman–Crippen LogP) is 3.82. The Balaban J connectivity index is 1.71. The first-order valence-electron chi connectivity index (χ1n) is 13.5. The molecule has 0 amide bonds. The molecule has 5 aliphatic rings. The van der Waals surface area contributed by atoms with Gasteiger partial charge in [0.15, 0.2) is 5.78 Å². The minimum Gasteiger partial charge on any atom is -0.462 e. The summed E-state index contributed by atoms with van der Waals surface area (Å²) in [5.74, 6) is -1.94. The Morgan fingerprint density at radius 3 is 2.08 bits per heavy atom. The van der Waals surface area contributed by atoms with Crippen molar-refractivity contribution in [3.63, 3.8) is 0 Å². The molecular weight excluding hydrogens is 488 g/mol. The summed E-state index contributed by atoms with van der Waals surface area (Å²) < 4.78 is 17.2. The lowest BCUT2D eigenvalue weighted by Gasteiger charge is -2.67. The van der Waals surface area contributed by atoms with E-state index in [1.807, 2.05) is 26.8 Å². The number of ketones is 1. The maximum atomic E-state index is 13.0. The molecule has 2 fully saturated rings. The Morgan fingerprint density at radius 1 is 0.947 bits per heavy atom. The minimum absolute atomic E-state index is 0.0488. The summed E-state index contributed by atoms with van der Waals surface area (Å²) in [6.07, 6.45) is 6.31. The third-order valence-electron chi connectivity index (χ3n) is 10.8. The molecule has 0 spiro atoms. The van der Waals surface area contributed by atoms with Crippen LogP contribution in [0.2, 0.25) is 0 Å². The fraction of sp³-hybridized carbons (Fsp3) is 0.667. The monoisotopic (exact) mass is 526 g/mol. The topological polar surface area (TPSA) is 116 Å². The van der Waals surface area contributed by atoms with Crippen LogP contribution in [0.15, 0.2) is 35.5 Å². The Bertz CT molecular complexity index is 1210. The minimum atomic E-state index is -1.31. The van der Waals surface area contributed by atoms with Crippen LogP contribution in [0.5, 0.6) is 0 Å². The van der Waals surface area contributed by atoms with Gasteiger partial charge >= 0.3 is 17.9 Å². The van der Waals surface area contributed by atoms with Gasteiger partial charge < -0.3 is 19.3 Å². The average molecular weight is 527 g/mol. The SMILES string of the molecule is CC(=O)O[C@H]1C[C@@H]2[C@@]3(C)C=CC(=O)C(C)(C)[C@@H]3C[C@@H](OC(C)=O)[C@@]2(C)C2=CC[C@@H](C3=C[C@@H](O)OC3=O)[C@@]21C. The second-order valence-corrected chi connectivity index (χ2v) is 12.9. The molecule has 0 bridgehead atoms. The second-order valence-electron chi connectivity index (χ2n) is 12.9. The molecule has 9 atom stereocenters. The molecule has 0 saturated heterocycles. The Kier molecular flexibility index (Phi) is 5.92. The molecule has 0 radical (unpaired) electrons. The van der Waals surface area contributed by atoms with Crippen molar-refractivity contribution >= 4 is 23.7 Å². The van der Waals surface area contributed by atoms with Crippen LogP contribution < -0.4 is 0 Å². The summed E-state index contributed by atoms with van der Waals surface area (Å²) in [5, 5.41) is 10.0. The van der Waals surface area contributed by atoms with Gasteiger partial charge in [-0.05, 0) is 48.7 Å². The molecule has 206 valence electrons. The molecule has 0 aromatic carbocycles. The number of carbonyl (C=O) groups is 4. The lowest BCUT2D eigenvalue weighted by Crippen LogP contribution is -2.67. The number of carbonyl (C=O) groups excluding carboxylic acids is 4. The van der Waals surface area contributed by atoms with Crippen LogP contribution in [0.1, 0.15) is 67.7 Å². The zero-order valence-electron chi connectivity index (χ0n) is 23.2. The van der Waals surface area contributed by atoms with Gasteiger partial charge in [0, 0.05) is 41.6 Å². The van der Waals surface area contributed by atoms with Gasteiger partial charge in [-0.3, -0.25) is 14.4 Å². The largest absolute Gasteiger partial charge is 0.462 e. The van der Waals surface area contributed by atoms with E-state index in [2.05, 4.69) is 19.9 Å². The Labute approximate surface area is 223 Å². The van der Waals surface area contributed by atoms with Crippen molar-refractivity contribution < 1.29 is 38.5 Å². The number of hydrogen-bond acceptors (Lipinski definition) is 8. The third-order valence-corrected chi connectivity index (χ3v) is 10.8. The Hall–Kier alpha value is -2.74. The summed E-state index contributed by atoms with van der Waals surface area (Å²) in [5.41, 5.74) is -1.19. The molecule has 4 aliphatic carbocycles. The predicted molar refractivity (Wildman–Crippen MR) is 136 cm³/mol. The van der Waals surface area contributed by atoms with E-state index in [-0.39, 0.29) is 23.5 Å². The highest BCUT2D eigenvalue weighted by Gasteiger charge is 2.71. The number of aliphatic hydroxyl groups excluding tert-OH is 1. The maximum absolute atomic E-state index is 13.0. The van der Waals surface area contributed by atoms with Gasteiger partial charge in [0.2, 0.25) is 6.29 Å². The normalized spacial score (nSPS) is 44.7. The van der Waals surface area contributed by atoms with Crippen LogP contribution in [-0.2, 0) is 33.4 Å². The van der Waals surface area contributed by atoms with Gasteiger partial charge in [-0.1, -0.05) is 52.3 Å². The van der Waals surface area contributed by atoms with Gasteiger partial charge in [-0.15, -0.1) is 0 Å². The summed E-state index contributed by atoms with van der Waals surface area (Å²) in [7, 11) is 0. The van der Waals surface area contributed by atoms with E-state index in [0.717, 1.165) is 5.57 Å². The zero-order chi connectivity index (χ0) is 28.0. The van der Waals surface area contributed by atoms with Crippen molar-refractivity contribution in [2.75, 3.05) is 0 Å². The lowest BCUT2D eigenvalue weighted by molar-refractivity contribution is -0.204. The molecule has 1 aliphatic heterocycles. The summed E-state index contributed by atoms with van der Waals surface area (Å²) >= 11 is 0. The number of aliphatic hydroxyl groups is 1. The van der Waals surface area contributed by atoms with Crippen molar-refractivity contribution in [1.29, 1.82) is 0 Å². The van der Waals surface area contributed by atoms with Gasteiger partial charge in [0.1, 0.15) is 12.2 Å². The molecule has 0 aromatic heterocycles. The molecule has 1 N–H and O–H groups in total. The molecule has 38 heavy (non-hydrogen) atoms. The third kappa shape index (κ3) is 3.44. The van der Waals surface area contributed by atoms with Crippen molar-refractivity contribution in [3.8, 4) is 0 Å². The molecule has 5 rings (SSSR count). The number of esters is 3. The number of fused-ring (bicyclic) bond motifs is 5. The molecule has 0 aromatic rings. The number of hydrogen-bond donors (Lipinski definition) is 1. The van der Waals surface area contributed by atoms with Gasteiger partial charge in [0.25, 0.3) is 0 Å².